The van der Waals surface area contributed by atoms with Gasteiger partial charge in [-0.1, -0.05) is 206 Å². The van der Waals surface area contributed by atoms with Crippen molar-refractivity contribution in [2.24, 2.45) is 0 Å². The van der Waals surface area contributed by atoms with Crippen LogP contribution in [0.1, 0.15) is 228 Å². The van der Waals surface area contributed by atoms with Gasteiger partial charge in [0.2, 0.25) is 0 Å². The molecule has 0 amide bonds. The Morgan fingerprint density at radius 1 is 0.469 bits per heavy atom. The molecule has 6 aromatic rings. The Kier molecular flexibility index (Phi) is 27.0. The Morgan fingerprint density at radius 2 is 0.679 bits per heavy atom. The lowest BCUT2D eigenvalue weighted by atomic mass is 9.92. The number of ether oxygens (including phenoxy) is 2. The fraction of sp³-hybridized carbons (Fsp3) is 0.524. The lowest BCUT2D eigenvalue weighted by molar-refractivity contribution is -0.576. The first-order chi connectivity index (χ1) is 37.5. The summed E-state index contributed by atoms with van der Waals surface area (Å²) in [6.45, 7) is 37.6. The van der Waals surface area contributed by atoms with E-state index in [0.29, 0.717) is 47.3 Å². The van der Waals surface area contributed by atoms with E-state index >= 15 is 0 Å². The van der Waals surface area contributed by atoms with E-state index in [9.17, 15) is 13.2 Å². The summed E-state index contributed by atoms with van der Waals surface area (Å²) in [6.07, 6.45) is 14.2. The number of hydrogen-bond donors (Lipinski definition) is 0. The van der Waals surface area contributed by atoms with Crippen LogP contribution in [0.25, 0.3) is 22.7 Å². The zero-order chi connectivity index (χ0) is 59.6. The highest BCUT2D eigenvalue weighted by Gasteiger charge is 2.45. The molecule has 2 unspecified atom stereocenters. The maximum absolute atomic E-state index is 10.7. The van der Waals surface area contributed by atoms with Gasteiger partial charge in [-0.15, -0.1) is 0 Å². The molecule has 0 N–H and O–H groups in total. The third kappa shape index (κ3) is 17.2. The van der Waals surface area contributed by atoms with E-state index in [1.165, 1.54) is 92.9 Å². The summed E-state index contributed by atoms with van der Waals surface area (Å²) in [4.78, 5) is 0. The van der Waals surface area contributed by atoms with Gasteiger partial charge in [-0.2, -0.15) is 31.4 Å². The molecule has 4 heterocycles. The van der Waals surface area contributed by atoms with E-state index in [-0.39, 0.29) is 12.4 Å². The molecule has 2 aliphatic rings. The van der Waals surface area contributed by atoms with Gasteiger partial charge in [0.05, 0.1) is 0 Å². The molecule has 0 saturated carbocycles. The molecule has 0 aliphatic carbocycles. The summed E-state index contributed by atoms with van der Waals surface area (Å²) in [7, 11) is -6.09. The number of alkyl halides is 3. The monoisotopic (exact) mass is 1240 g/mol. The second-order valence-corrected chi connectivity index (χ2v) is 32.2. The average Bonchev–Trinajstić information content (AvgIpc) is 4.27. The maximum Gasteiger partial charge on any atom is 0.485 e. The minimum absolute atomic E-state index is 0. The molecule has 2 aliphatic heterocycles. The number of hydrogen-bond acceptors (Lipinski definition) is 5. The summed E-state index contributed by atoms with van der Waals surface area (Å²) in [6, 6.07) is 27.3. The van der Waals surface area contributed by atoms with Crippen molar-refractivity contribution in [3.63, 3.8) is 0 Å². The molecule has 8 rings (SSSR count). The molecule has 0 spiro atoms. The minimum Gasteiger partial charge on any atom is -1.00 e. The molecule has 2 saturated heterocycles. The van der Waals surface area contributed by atoms with Gasteiger partial charge in [0.25, 0.3) is 0 Å². The Bertz CT molecular complexity index is 2610. The standard InChI is InChI=1S/C54H72Cl2N4P2.2C4H8O.CHF3O3S.ClH/c1-33(2)41-21-17-22-42(34(3)4)49(41)57-29-30-58(50-43(35(5)6)23-18-24-44(50)36(7)8)53(57)61(55)62(56)54-59(51-45(37(9)10)25-19-26-46(51)38(11)12)31-32-60(54)52-47(39(13)14)27-20-28-48(52)40(15)16;2*1-2-4-5-3-1;2-1(3,4)8(5,6)7;/h17-40H,1-16H3;2*1-4H2;(H,5,6,7);1H/q+2;;;;/p-2. The van der Waals surface area contributed by atoms with Crippen LogP contribution in [0, 0.1) is 0 Å². The summed E-state index contributed by atoms with van der Waals surface area (Å²) in [5.41, 5.74) is 11.7. The van der Waals surface area contributed by atoms with Crippen molar-refractivity contribution >= 4 is 57.7 Å². The van der Waals surface area contributed by atoms with E-state index in [0.717, 1.165) is 37.6 Å². The van der Waals surface area contributed by atoms with Crippen LogP contribution in [0.5, 0.6) is 0 Å². The predicted octanol–water partition coefficient (Wildman–Crippen LogP) is 14.6. The number of benzene rings is 4. The fourth-order valence-corrected chi connectivity index (χ4v) is 16.1. The van der Waals surface area contributed by atoms with Crippen molar-refractivity contribution in [1.82, 2.24) is 9.13 Å². The van der Waals surface area contributed by atoms with E-state index < -0.39 is 29.6 Å². The average molecular weight is 1240 g/mol. The SMILES string of the molecule is C1CCOC1.C1CCOC1.CC(C)c1cccc(C(C)C)c1-n1cc[n+](-c2c(C(C)C)cccc2C(C)C)c1P(Cl)P(Cl)c1n(-c2c(C(C)C)cccc2C(C)C)cc[n+]1-c1c(C(C)C)cccc1C(C)C.O=S(=O)([O-])C(F)(F)F.[Cl-]. The van der Waals surface area contributed by atoms with Crippen molar-refractivity contribution in [3.05, 3.63) is 142 Å². The second-order valence-electron chi connectivity index (χ2n) is 23.1. The molecule has 0 bridgehead atoms. The zero-order valence-electron chi connectivity index (χ0n) is 50.4. The zero-order valence-corrected chi connectivity index (χ0v) is 55.3. The van der Waals surface area contributed by atoms with Crippen LogP contribution in [-0.2, 0) is 19.6 Å². The minimum atomic E-state index is -6.09. The first-order valence-electron chi connectivity index (χ1n) is 28.4. The Balaban J connectivity index is 0.000000631. The Hall–Kier alpha value is -3.35. The number of aromatic nitrogens is 4. The van der Waals surface area contributed by atoms with Gasteiger partial charge in [-0.25, -0.2) is 8.42 Å². The molecular weight excluding hydrogens is 1150 g/mol. The van der Waals surface area contributed by atoms with Crippen LogP contribution in [-0.4, -0.2) is 54.0 Å². The number of halogens is 6. The van der Waals surface area contributed by atoms with Crippen molar-refractivity contribution < 1.29 is 57.2 Å². The molecule has 2 aromatic heterocycles. The van der Waals surface area contributed by atoms with Crippen LogP contribution >= 0.6 is 36.4 Å². The van der Waals surface area contributed by atoms with E-state index in [4.69, 9.17) is 44.9 Å². The smallest absolute Gasteiger partial charge is 0.485 e. The van der Waals surface area contributed by atoms with Crippen molar-refractivity contribution in [2.75, 3.05) is 26.4 Å². The third-order valence-corrected chi connectivity index (χ3v) is 23.1. The lowest BCUT2D eigenvalue weighted by Gasteiger charge is -2.23. The molecular formula is C63H88Cl3F3N4O5P2S. The second kappa shape index (κ2) is 31.2. The summed E-state index contributed by atoms with van der Waals surface area (Å²) in [5.74, 6) is 2.36. The maximum atomic E-state index is 10.7. The van der Waals surface area contributed by atoms with Gasteiger partial charge in [-0.3, -0.25) is 0 Å². The fourth-order valence-electron chi connectivity index (χ4n) is 10.2. The van der Waals surface area contributed by atoms with Crippen LogP contribution in [0.3, 0.4) is 0 Å². The van der Waals surface area contributed by atoms with Gasteiger partial charge in [0.1, 0.15) is 47.5 Å². The van der Waals surface area contributed by atoms with Gasteiger partial charge in [0, 0.05) is 70.9 Å². The lowest BCUT2D eigenvalue weighted by Crippen LogP contribution is -3.00. The van der Waals surface area contributed by atoms with Crippen LogP contribution in [0.4, 0.5) is 13.2 Å². The van der Waals surface area contributed by atoms with Crippen LogP contribution < -0.4 is 32.7 Å². The normalized spacial score (nSPS) is 14.6. The van der Waals surface area contributed by atoms with Gasteiger partial charge < -0.3 is 26.4 Å². The first-order valence-corrected chi connectivity index (χ1v) is 35.0. The first kappa shape index (κ1) is 70.1. The number of rotatable bonds is 15. The Morgan fingerprint density at radius 3 is 0.852 bits per heavy atom. The molecule has 18 heteroatoms. The van der Waals surface area contributed by atoms with Crippen LogP contribution in [0.15, 0.2) is 97.6 Å². The molecule has 81 heavy (non-hydrogen) atoms. The van der Waals surface area contributed by atoms with Gasteiger partial charge >= 0.3 is 16.6 Å². The van der Waals surface area contributed by atoms with Gasteiger partial charge in [0.15, 0.2) is 24.0 Å². The number of nitrogens with zero attached hydrogens (tertiary/aromatic N) is 4. The van der Waals surface area contributed by atoms with Crippen LogP contribution in [0.2, 0.25) is 0 Å². The number of para-hydroxylation sites is 4. The topological polar surface area (TPSA) is 93.3 Å². The molecule has 2 fully saturated rings. The molecule has 448 valence electrons. The summed E-state index contributed by atoms with van der Waals surface area (Å²) >= 11 is 16.9. The third-order valence-electron chi connectivity index (χ3n) is 14.3. The quantitative estimate of drug-likeness (QED) is 0.0442. The van der Waals surface area contributed by atoms with Crippen molar-refractivity contribution in [2.45, 2.75) is 189 Å². The summed E-state index contributed by atoms with van der Waals surface area (Å²) < 4.78 is 78.5. The number of imidazole rings is 2. The van der Waals surface area contributed by atoms with E-state index in [2.05, 4.69) is 227 Å². The highest BCUT2D eigenvalue weighted by Crippen LogP contribution is 2.73. The van der Waals surface area contributed by atoms with E-state index in [1.807, 2.05) is 0 Å². The molecule has 4 aromatic carbocycles. The largest absolute Gasteiger partial charge is 1.00 e. The predicted molar refractivity (Wildman–Crippen MR) is 328 cm³/mol. The summed E-state index contributed by atoms with van der Waals surface area (Å²) in [5, 5.41) is 0. The van der Waals surface area contributed by atoms with E-state index in [1.54, 1.807) is 0 Å². The van der Waals surface area contributed by atoms with Crippen molar-refractivity contribution in [1.29, 1.82) is 0 Å². The molecule has 9 nitrogen and oxygen atoms in total. The molecule has 2 atom stereocenters. The van der Waals surface area contributed by atoms with Crippen molar-refractivity contribution in [3.8, 4) is 22.7 Å². The highest BCUT2D eigenvalue weighted by molar-refractivity contribution is 8.53. The highest BCUT2D eigenvalue weighted by atomic mass is 35.7. The van der Waals surface area contributed by atoms with Gasteiger partial charge in [-0.05, 0) is 73.0 Å². The Labute approximate surface area is 501 Å². The molecule has 0 radical (unpaired) electrons.